The largest absolute Gasteiger partial charge is 0.325 e. The van der Waals surface area contributed by atoms with Gasteiger partial charge in [0.15, 0.2) is 0 Å². The fourth-order valence-electron chi connectivity index (χ4n) is 1.88. The van der Waals surface area contributed by atoms with E-state index in [-0.39, 0.29) is 5.54 Å². The first-order valence-electron chi connectivity index (χ1n) is 4.83. The maximum atomic E-state index is 6.26. The Balaban J connectivity index is 2.48. The number of hydrogen-bond acceptors (Lipinski definition) is 1. The molecule has 0 aliphatic heterocycles. The average molecular weight is 155 g/mol. The Morgan fingerprint density at radius 2 is 1.73 bits per heavy atom. The Labute approximate surface area is 70.4 Å². The second-order valence-electron chi connectivity index (χ2n) is 4.57. The number of rotatable bonds is 1. The zero-order chi connectivity index (χ0) is 8.48. The molecule has 0 radical (unpaired) electrons. The van der Waals surface area contributed by atoms with Crippen molar-refractivity contribution in [2.75, 3.05) is 0 Å². The summed E-state index contributed by atoms with van der Waals surface area (Å²) >= 11 is 0. The van der Waals surface area contributed by atoms with E-state index < -0.39 is 0 Å². The predicted octanol–water partition coefficient (Wildman–Crippen LogP) is 2.55. The van der Waals surface area contributed by atoms with Crippen LogP contribution in [0.4, 0.5) is 0 Å². The van der Waals surface area contributed by atoms with Crippen LogP contribution in [0.2, 0.25) is 0 Å². The summed E-state index contributed by atoms with van der Waals surface area (Å²) < 4.78 is 0. The lowest BCUT2D eigenvalue weighted by Gasteiger charge is -2.39. The van der Waals surface area contributed by atoms with E-state index in [1.807, 2.05) is 0 Å². The zero-order valence-corrected chi connectivity index (χ0v) is 8.06. The van der Waals surface area contributed by atoms with Crippen molar-refractivity contribution in [1.29, 1.82) is 0 Å². The molecule has 0 bridgehead atoms. The third kappa shape index (κ3) is 1.96. The molecule has 1 fully saturated rings. The molecular weight excluding hydrogens is 134 g/mol. The first-order valence-corrected chi connectivity index (χ1v) is 4.83. The minimum absolute atomic E-state index is 0.159. The number of nitrogens with two attached hydrogens (primary N) is 1. The van der Waals surface area contributed by atoms with E-state index in [1.165, 1.54) is 25.7 Å². The fourth-order valence-corrected chi connectivity index (χ4v) is 1.88. The van der Waals surface area contributed by atoms with E-state index in [9.17, 15) is 0 Å². The molecule has 2 N–H and O–H groups in total. The lowest BCUT2D eigenvalue weighted by Crippen LogP contribution is -2.47. The van der Waals surface area contributed by atoms with Crippen LogP contribution in [0.25, 0.3) is 0 Å². The summed E-state index contributed by atoms with van der Waals surface area (Å²) in [5.74, 6) is 1.56. The summed E-state index contributed by atoms with van der Waals surface area (Å²) in [5, 5.41) is 0. The van der Waals surface area contributed by atoms with Gasteiger partial charge in [-0.2, -0.15) is 0 Å². The minimum Gasteiger partial charge on any atom is -0.325 e. The number of hydrogen-bond donors (Lipinski definition) is 1. The second kappa shape index (κ2) is 3.14. The van der Waals surface area contributed by atoms with E-state index in [4.69, 9.17) is 5.73 Å². The van der Waals surface area contributed by atoms with Gasteiger partial charge in [0.2, 0.25) is 0 Å². The Bertz CT molecular complexity index is 121. The molecule has 0 spiro atoms. The zero-order valence-electron chi connectivity index (χ0n) is 8.06. The van der Waals surface area contributed by atoms with Gasteiger partial charge in [-0.1, -0.05) is 20.8 Å². The van der Waals surface area contributed by atoms with E-state index in [0.29, 0.717) is 5.92 Å². The highest BCUT2D eigenvalue weighted by Crippen LogP contribution is 2.34. The topological polar surface area (TPSA) is 26.0 Å². The summed E-state index contributed by atoms with van der Waals surface area (Å²) in [4.78, 5) is 0. The lowest BCUT2D eigenvalue weighted by molar-refractivity contribution is 0.188. The van der Waals surface area contributed by atoms with Crippen molar-refractivity contribution in [3.8, 4) is 0 Å². The van der Waals surface area contributed by atoms with Crippen molar-refractivity contribution < 1.29 is 0 Å². The highest BCUT2D eigenvalue weighted by atomic mass is 14.8. The first-order chi connectivity index (χ1) is 5.04. The quantitative estimate of drug-likeness (QED) is 0.618. The Morgan fingerprint density at radius 3 is 2.09 bits per heavy atom. The monoisotopic (exact) mass is 155 g/mol. The lowest BCUT2D eigenvalue weighted by atomic mass is 9.72. The van der Waals surface area contributed by atoms with Crippen LogP contribution in [-0.2, 0) is 0 Å². The van der Waals surface area contributed by atoms with Gasteiger partial charge in [0.25, 0.3) is 0 Å². The molecular formula is C10H21N. The molecule has 0 aromatic heterocycles. The van der Waals surface area contributed by atoms with Gasteiger partial charge in [0.05, 0.1) is 0 Å². The molecule has 0 atom stereocenters. The van der Waals surface area contributed by atoms with Crippen LogP contribution in [0, 0.1) is 11.8 Å². The molecule has 1 aliphatic carbocycles. The van der Waals surface area contributed by atoms with Gasteiger partial charge in [-0.15, -0.1) is 0 Å². The van der Waals surface area contributed by atoms with Crippen LogP contribution in [0.15, 0.2) is 0 Å². The van der Waals surface area contributed by atoms with Crippen LogP contribution in [0.5, 0.6) is 0 Å². The minimum atomic E-state index is 0.159. The summed E-state index contributed by atoms with van der Waals surface area (Å²) in [6.07, 6.45) is 5.11. The van der Waals surface area contributed by atoms with Crippen molar-refractivity contribution >= 4 is 0 Å². The van der Waals surface area contributed by atoms with Gasteiger partial charge in [-0.05, 0) is 37.5 Å². The van der Waals surface area contributed by atoms with Crippen LogP contribution in [0.1, 0.15) is 46.5 Å². The molecule has 1 aliphatic rings. The van der Waals surface area contributed by atoms with Crippen molar-refractivity contribution in [3.63, 3.8) is 0 Å². The summed E-state index contributed by atoms with van der Waals surface area (Å²) in [7, 11) is 0. The Morgan fingerprint density at radius 1 is 1.27 bits per heavy atom. The van der Waals surface area contributed by atoms with Crippen LogP contribution < -0.4 is 5.73 Å². The van der Waals surface area contributed by atoms with Crippen LogP contribution >= 0.6 is 0 Å². The van der Waals surface area contributed by atoms with E-state index in [0.717, 1.165) is 5.92 Å². The normalized spacial score (nSPS) is 39.5. The van der Waals surface area contributed by atoms with Gasteiger partial charge in [-0.3, -0.25) is 0 Å². The van der Waals surface area contributed by atoms with Gasteiger partial charge >= 0.3 is 0 Å². The molecule has 11 heavy (non-hydrogen) atoms. The van der Waals surface area contributed by atoms with Crippen molar-refractivity contribution in [3.05, 3.63) is 0 Å². The summed E-state index contributed by atoms with van der Waals surface area (Å²) in [6.45, 7) is 6.83. The summed E-state index contributed by atoms with van der Waals surface area (Å²) in [6, 6.07) is 0. The highest BCUT2D eigenvalue weighted by molar-refractivity contribution is 4.91. The molecule has 1 saturated carbocycles. The molecule has 1 rings (SSSR count). The Kier molecular flexibility index (Phi) is 2.58. The smallest absolute Gasteiger partial charge is 0.0177 e. The van der Waals surface area contributed by atoms with Crippen molar-refractivity contribution in [2.45, 2.75) is 52.0 Å². The molecule has 0 amide bonds. The third-order valence-corrected chi connectivity index (χ3v) is 3.36. The van der Waals surface area contributed by atoms with Crippen molar-refractivity contribution in [1.82, 2.24) is 0 Å². The van der Waals surface area contributed by atoms with Crippen LogP contribution in [0.3, 0.4) is 0 Å². The van der Waals surface area contributed by atoms with E-state index in [2.05, 4.69) is 20.8 Å². The molecule has 66 valence electrons. The average Bonchev–Trinajstić information content (AvgIpc) is 1.95. The predicted molar refractivity (Wildman–Crippen MR) is 49.4 cm³/mol. The van der Waals surface area contributed by atoms with Gasteiger partial charge < -0.3 is 5.73 Å². The molecule has 1 heteroatoms. The van der Waals surface area contributed by atoms with Crippen LogP contribution in [-0.4, -0.2) is 5.54 Å². The van der Waals surface area contributed by atoms with Crippen molar-refractivity contribution in [2.24, 2.45) is 17.6 Å². The summed E-state index contributed by atoms with van der Waals surface area (Å²) in [5.41, 5.74) is 6.42. The SMILES string of the molecule is CC1CCC(N)(C(C)C)CC1. The maximum Gasteiger partial charge on any atom is 0.0177 e. The van der Waals surface area contributed by atoms with E-state index in [1.54, 1.807) is 0 Å². The second-order valence-corrected chi connectivity index (χ2v) is 4.57. The van der Waals surface area contributed by atoms with Gasteiger partial charge in [0.1, 0.15) is 0 Å². The molecule has 0 aromatic carbocycles. The molecule has 0 unspecified atom stereocenters. The Hall–Kier alpha value is -0.0400. The molecule has 0 heterocycles. The molecule has 0 saturated heterocycles. The fraction of sp³-hybridized carbons (Fsp3) is 1.00. The van der Waals surface area contributed by atoms with Gasteiger partial charge in [0, 0.05) is 5.54 Å². The van der Waals surface area contributed by atoms with E-state index >= 15 is 0 Å². The first kappa shape index (κ1) is 9.05. The highest BCUT2D eigenvalue weighted by Gasteiger charge is 2.32. The molecule has 0 aromatic rings. The third-order valence-electron chi connectivity index (χ3n) is 3.36. The van der Waals surface area contributed by atoms with Gasteiger partial charge in [-0.25, -0.2) is 0 Å². The standard InChI is InChI=1S/C10H21N/c1-8(2)10(11)6-4-9(3)5-7-10/h8-9H,4-7,11H2,1-3H3. The maximum absolute atomic E-state index is 6.26. The molecule has 1 nitrogen and oxygen atoms in total.